The second-order valence-electron chi connectivity index (χ2n) is 5.95. The van der Waals surface area contributed by atoms with Gasteiger partial charge in [-0.25, -0.2) is 0 Å². The molecule has 0 bridgehead atoms. The zero-order valence-electron chi connectivity index (χ0n) is 16.0. The fourth-order valence-electron chi connectivity index (χ4n) is 2.74. The van der Waals surface area contributed by atoms with Crippen molar-refractivity contribution < 1.29 is 24.0 Å². The Kier molecular flexibility index (Phi) is 6.48. The Morgan fingerprint density at radius 3 is 2.70 bits per heavy atom. The van der Waals surface area contributed by atoms with Gasteiger partial charge in [0, 0.05) is 17.2 Å². The minimum atomic E-state index is -0.631. The molecule has 0 saturated carbocycles. The Labute approximate surface area is 179 Å². The Hall–Kier alpha value is -3.24. The monoisotopic (exact) mass is 449 g/mol. The Bertz CT molecular complexity index is 1220. The number of hydrogen-bond donors (Lipinski definition) is 0. The molecule has 0 N–H and O–H groups in total. The predicted molar refractivity (Wildman–Crippen MR) is 111 cm³/mol. The Morgan fingerprint density at radius 2 is 2.03 bits per heavy atom. The number of rotatable bonds is 6. The molecule has 1 amide bonds. The third-order valence-electron chi connectivity index (χ3n) is 4.06. The number of fused-ring (bicyclic) bond motifs is 1. The molecular formula is C19H16ClN3O6S. The largest absolute Gasteiger partial charge is 0.496 e. The number of carbonyl (C=O) groups is 2. The molecule has 156 valence electrons. The van der Waals surface area contributed by atoms with E-state index in [1.807, 2.05) is 0 Å². The molecule has 0 aliphatic carbocycles. The predicted octanol–water partition coefficient (Wildman–Crippen LogP) is 3.58. The summed E-state index contributed by atoms with van der Waals surface area (Å²) in [4.78, 5) is 39.8. The average molecular weight is 450 g/mol. The number of non-ortho nitro benzene ring substituents is 1. The number of amides is 1. The van der Waals surface area contributed by atoms with Crippen LogP contribution >= 0.6 is 22.9 Å². The van der Waals surface area contributed by atoms with Crippen molar-refractivity contribution in [2.45, 2.75) is 13.5 Å². The molecule has 1 aromatic heterocycles. The van der Waals surface area contributed by atoms with Crippen molar-refractivity contribution in [1.82, 2.24) is 4.57 Å². The van der Waals surface area contributed by atoms with Gasteiger partial charge in [0.1, 0.15) is 12.3 Å². The van der Waals surface area contributed by atoms with E-state index in [4.69, 9.17) is 21.1 Å². The van der Waals surface area contributed by atoms with Gasteiger partial charge in [-0.3, -0.25) is 19.7 Å². The van der Waals surface area contributed by atoms with Gasteiger partial charge < -0.3 is 14.0 Å². The van der Waals surface area contributed by atoms with Gasteiger partial charge in [-0.2, -0.15) is 4.99 Å². The summed E-state index contributed by atoms with van der Waals surface area (Å²) in [7, 11) is 1.42. The van der Waals surface area contributed by atoms with Gasteiger partial charge in [-0.15, -0.1) is 0 Å². The van der Waals surface area contributed by atoms with Crippen LogP contribution in [0.25, 0.3) is 10.2 Å². The van der Waals surface area contributed by atoms with Crippen molar-refractivity contribution in [3.05, 3.63) is 61.9 Å². The maximum absolute atomic E-state index is 12.8. The molecule has 0 atom stereocenters. The lowest BCUT2D eigenvalue weighted by Crippen LogP contribution is -2.23. The molecule has 3 rings (SSSR count). The number of aromatic nitrogens is 1. The number of nitro benzene ring substituents is 1. The highest BCUT2D eigenvalue weighted by Crippen LogP contribution is 2.25. The molecule has 0 aliphatic heterocycles. The lowest BCUT2D eigenvalue weighted by atomic mass is 10.2. The number of hydrogen-bond acceptors (Lipinski definition) is 7. The number of benzene rings is 2. The van der Waals surface area contributed by atoms with E-state index in [9.17, 15) is 19.7 Å². The van der Waals surface area contributed by atoms with Gasteiger partial charge in [0.2, 0.25) is 0 Å². The number of thiazole rings is 1. The maximum atomic E-state index is 12.8. The molecule has 0 unspecified atom stereocenters. The first-order chi connectivity index (χ1) is 14.3. The minimum Gasteiger partial charge on any atom is -0.496 e. The van der Waals surface area contributed by atoms with Crippen LogP contribution in [-0.4, -0.2) is 35.1 Å². The van der Waals surface area contributed by atoms with Crippen LogP contribution in [0.4, 0.5) is 5.69 Å². The quantitative estimate of drug-likeness (QED) is 0.323. The van der Waals surface area contributed by atoms with Gasteiger partial charge in [0.15, 0.2) is 4.80 Å². The third kappa shape index (κ3) is 4.50. The SMILES string of the molecule is CCOC(=O)Cn1c(=NC(=O)c2cc(Cl)ccc2OC)sc2cc([N+](=O)[O-])ccc21. The molecule has 0 radical (unpaired) electrons. The van der Waals surface area contributed by atoms with E-state index in [2.05, 4.69) is 4.99 Å². The van der Waals surface area contributed by atoms with Crippen molar-refractivity contribution in [2.24, 2.45) is 4.99 Å². The summed E-state index contributed by atoms with van der Waals surface area (Å²) in [6, 6.07) is 8.75. The third-order valence-corrected chi connectivity index (χ3v) is 5.34. The standard InChI is InChI=1S/C19H16ClN3O6S/c1-3-29-17(24)10-22-14-6-5-12(23(26)27)9-16(14)30-19(22)21-18(25)13-8-11(20)4-7-15(13)28-2/h4-9H,3,10H2,1-2H3. The maximum Gasteiger partial charge on any atom is 0.326 e. The molecule has 11 heteroatoms. The number of carbonyl (C=O) groups excluding carboxylic acids is 2. The van der Waals surface area contributed by atoms with Crippen LogP contribution in [0, 0.1) is 10.1 Å². The van der Waals surface area contributed by atoms with Crippen LogP contribution in [0.3, 0.4) is 0 Å². The van der Waals surface area contributed by atoms with E-state index >= 15 is 0 Å². The molecule has 2 aromatic carbocycles. The van der Waals surface area contributed by atoms with E-state index in [1.165, 1.54) is 35.9 Å². The van der Waals surface area contributed by atoms with E-state index in [1.54, 1.807) is 19.1 Å². The average Bonchev–Trinajstić information content (AvgIpc) is 3.04. The molecule has 3 aromatic rings. The molecule has 0 aliphatic rings. The second-order valence-corrected chi connectivity index (χ2v) is 7.39. The molecule has 30 heavy (non-hydrogen) atoms. The molecule has 1 heterocycles. The van der Waals surface area contributed by atoms with Crippen LogP contribution in [0.1, 0.15) is 17.3 Å². The number of esters is 1. The van der Waals surface area contributed by atoms with E-state index < -0.39 is 16.8 Å². The summed E-state index contributed by atoms with van der Waals surface area (Å²) >= 11 is 7.04. The second kappa shape index (κ2) is 9.06. The summed E-state index contributed by atoms with van der Waals surface area (Å²) in [5.41, 5.74) is 0.556. The van der Waals surface area contributed by atoms with Crippen LogP contribution in [0.5, 0.6) is 5.75 Å². The topological polar surface area (TPSA) is 113 Å². The summed E-state index contributed by atoms with van der Waals surface area (Å²) in [6.45, 7) is 1.67. The summed E-state index contributed by atoms with van der Waals surface area (Å²) in [6.07, 6.45) is 0. The van der Waals surface area contributed by atoms with E-state index in [0.717, 1.165) is 11.3 Å². The zero-order valence-corrected chi connectivity index (χ0v) is 17.5. The van der Waals surface area contributed by atoms with Crippen LogP contribution < -0.4 is 9.54 Å². The Morgan fingerprint density at radius 1 is 1.27 bits per heavy atom. The van der Waals surface area contributed by atoms with Crippen molar-refractivity contribution in [1.29, 1.82) is 0 Å². The molecule has 0 spiro atoms. The van der Waals surface area contributed by atoms with Crippen LogP contribution in [0.2, 0.25) is 5.02 Å². The number of nitro groups is 1. The summed E-state index contributed by atoms with van der Waals surface area (Å²) in [5.74, 6) is -0.861. The highest BCUT2D eigenvalue weighted by molar-refractivity contribution is 7.16. The van der Waals surface area contributed by atoms with Gasteiger partial charge in [0.05, 0.1) is 34.4 Å². The number of halogens is 1. The summed E-state index contributed by atoms with van der Waals surface area (Å²) < 4.78 is 12.2. The molecule has 9 nitrogen and oxygen atoms in total. The fraction of sp³-hybridized carbons (Fsp3) is 0.211. The smallest absolute Gasteiger partial charge is 0.326 e. The van der Waals surface area contributed by atoms with Gasteiger partial charge >= 0.3 is 5.97 Å². The van der Waals surface area contributed by atoms with Gasteiger partial charge in [0.25, 0.3) is 11.6 Å². The van der Waals surface area contributed by atoms with E-state index in [0.29, 0.717) is 21.0 Å². The van der Waals surface area contributed by atoms with Crippen LogP contribution in [0.15, 0.2) is 41.4 Å². The van der Waals surface area contributed by atoms with Gasteiger partial charge in [-0.1, -0.05) is 22.9 Å². The normalized spacial score (nSPS) is 11.5. The zero-order chi connectivity index (χ0) is 21.8. The van der Waals surface area contributed by atoms with Crippen molar-refractivity contribution in [3.63, 3.8) is 0 Å². The first kappa shape index (κ1) is 21.5. The fourth-order valence-corrected chi connectivity index (χ4v) is 3.98. The van der Waals surface area contributed by atoms with Gasteiger partial charge in [-0.05, 0) is 31.2 Å². The first-order valence-corrected chi connectivity index (χ1v) is 9.89. The number of methoxy groups -OCH3 is 1. The first-order valence-electron chi connectivity index (χ1n) is 8.70. The van der Waals surface area contributed by atoms with E-state index in [-0.39, 0.29) is 29.2 Å². The van der Waals surface area contributed by atoms with Crippen molar-refractivity contribution >= 4 is 50.7 Å². The van der Waals surface area contributed by atoms with Crippen molar-refractivity contribution in [2.75, 3.05) is 13.7 Å². The molecule has 0 fully saturated rings. The summed E-state index contributed by atoms with van der Waals surface area (Å²) in [5, 5.41) is 11.4. The number of nitrogens with zero attached hydrogens (tertiary/aromatic N) is 3. The van der Waals surface area contributed by atoms with Crippen LogP contribution in [-0.2, 0) is 16.1 Å². The molecule has 0 saturated heterocycles. The van der Waals surface area contributed by atoms with Crippen molar-refractivity contribution in [3.8, 4) is 5.75 Å². The number of ether oxygens (including phenoxy) is 2. The lowest BCUT2D eigenvalue weighted by molar-refractivity contribution is -0.384. The minimum absolute atomic E-state index is 0.110. The highest BCUT2D eigenvalue weighted by Gasteiger charge is 2.17. The Balaban J connectivity index is 2.17. The molecular weight excluding hydrogens is 434 g/mol. The highest BCUT2D eigenvalue weighted by atomic mass is 35.5. The lowest BCUT2D eigenvalue weighted by Gasteiger charge is -2.06.